The van der Waals surface area contributed by atoms with Crippen LogP contribution in [0.3, 0.4) is 0 Å². The van der Waals surface area contributed by atoms with E-state index in [1.54, 1.807) is 0 Å². The van der Waals surface area contributed by atoms with E-state index in [1.165, 1.54) is 5.69 Å². The summed E-state index contributed by atoms with van der Waals surface area (Å²) in [7, 11) is 0. The monoisotopic (exact) mass is 367 g/mol. The van der Waals surface area contributed by atoms with Crippen LogP contribution >= 0.6 is 0 Å². The minimum atomic E-state index is -0.114. The van der Waals surface area contributed by atoms with Crippen molar-refractivity contribution in [1.29, 1.82) is 0 Å². The third kappa shape index (κ3) is 2.91. The molecule has 2 aromatic rings. The summed E-state index contributed by atoms with van der Waals surface area (Å²) in [6.07, 6.45) is 1.76. The van der Waals surface area contributed by atoms with Crippen LogP contribution in [0.4, 0.5) is 17.2 Å². The molecule has 5 rings (SSSR count). The zero-order valence-corrected chi connectivity index (χ0v) is 15.8. The molecule has 142 valence electrons. The van der Waals surface area contributed by atoms with Gasteiger partial charge in [0.2, 0.25) is 0 Å². The molecule has 0 aliphatic carbocycles. The van der Waals surface area contributed by atoms with Crippen molar-refractivity contribution < 1.29 is 9.47 Å². The summed E-state index contributed by atoms with van der Waals surface area (Å²) < 4.78 is 11.9. The summed E-state index contributed by atoms with van der Waals surface area (Å²) in [5.41, 5.74) is 5.27. The van der Waals surface area contributed by atoms with Gasteiger partial charge in [0.05, 0.1) is 30.2 Å². The Morgan fingerprint density at radius 1 is 1.22 bits per heavy atom. The number of fused-ring (bicyclic) bond motifs is 2. The van der Waals surface area contributed by atoms with E-state index in [-0.39, 0.29) is 6.10 Å². The molecular weight excluding hydrogens is 342 g/mol. The molecule has 0 spiro atoms. The summed E-state index contributed by atoms with van der Waals surface area (Å²) in [5, 5.41) is 6.86. The smallest absolute Gasteiger partial charge is 0.164 e. The average molecular weight is 367 g/mol. The van der Waals surface area contributed by atoms with E-state index in [0.717, 1.165) is 73.6 Å². The number of rotatable bonds is 2. The van der Waals surface area contributed by atoms with Crippen molar-refractivity contribution in [2.75, 3.05) is 49.6 Å². The first-order valence-corrected chi connectivity index (χ1v) is 9.68. The highest BCUT2D eigenvalue weighted by molar-refractivity contribution is 5.74. The number of ether oxygens (including phenoxy) is 2. The second-order valence-corrected chi connectivity index (χ2v) is 7.44. The normalized spacial score (nSPS) is 22.0. The molecule has 0 bridgehead atoms. The fourth-order valence-corrected chi connectivity index (χ4v) is 4.04. The Labute approximate surface area is 159 Å². The molecule has 3 aliphatic rings. The van der Waals surface area contributed by atoms with Crippen molar-refractivity contribution in [2.24, 2.45) is 0 Å². The molecule has 0 aromatic carbocycles. The second kappa shape index (κ2) is 6.65. The second-order valence-electron chi connectivity index (χ2n) is 7.44. The summed E-state index contributed by atoms with van der Waals surface area (Å²) in [6.45, 7) is 9.35. The standard InChI is InChI=1S/C20H25N5O2/c1-12-19-16(9-15(23-12)14-10-21-11-14)24-20-18(13(2)27-19)17(3-4-22-20)25-5-7-26-8-6-25/h3-4,9,13-14,21H,5-8,10-11H2,1-2H3,(H,22,24)/t13-/m1/s1. The lowest BCUT2D eigenvalue weighted by molar-refractivity contribution is 0.122. The number of aromatic nitrogens is 2. The number of aryl methyl sites for hydroxylation is 1. The van der Waals surface area contributed by atoms with Gasteiger partial charge in [-0.2, -0.15) is 0 Å². The summed E-state index contributed by atoms with van der Waals surface area (Å²) in [6, 6.07) is 4.21. The fraction of sp³-hybridized carbons (Fsp3) is 0.500. The van der Waals surface area contributed by atoms with E-state index in [1.807, 2.05) is 13.1 Å². The van der Waals surface area contributed by atoms with Gasteiger partial charge in [-0.1, -0.05) is 0 Å². The van der Waals surface area contributed by atoms with Crippen molar-refractivity contribution in [3.63, 3.8) is 0 Å². The van der Waals surface area contributed by atoms with E-state index in [4.69, 9.17) is 14.5 Å². The minimum absolute atomic E-state index is 0.114. The van der Waals surface area contributed by atoms with Crippen LogP contribution in [0, 0.1) is 6.92 Å². The highest BCUT2D eigenvalue weighted by Gasteiger charge is 2.29. The Bertz CT molecular complexity index is 862. The lowest BCUT2D eigenvalue weighted by atomic mass is 9.98. The van der Waals surface area contributed by atoms with Crippen LogP contribution in [0.5, 0.6) is 5.75 Å². The molecular formula is C20H25N5O2. The minimum Gasteiger partial charge on any atom is -0.482 e. The first-order valence-electron chi connectivity index (χ1n) is 9.68. The number of nitrogens with zero attached hydrogens (tertiary/aromatic N) is 3. The molecule has 2 aromatic heterocycles. The van der Waals surface area contributed by atoms with Crippen LogP contribution in [-0.2, 0) is 4.74 Å². The number of hydrogen-bond donors (Lipinski definition) is 2. The fourth-order valence-electron chi connectivity index (χ4n) is 4.04. The molecule has 7 heteroatoms. The van der Waals surface area contributed by atoms with Crippen LogP contribution in [0.2, 0.25) is 0 Å². The van der Waals surface area contributed by atoms with Crippen molar-refractivity contribution in [3.05, 3.63) is 35.3 Å². The number of nitrogens with one attached hydrogen (secondary N) is 2. The highest BCUT2D eigenvalue weighted by atomic mass is 16.5. The molecule has 1 atom stereocenters. The van der Waals surface area contributed by atoms with Crippen molar-refractivity contribution in [1.82, 2.24) is 15.3 Å². The number of hydrogen-bond acceptors (Lipinski definition) is 7. The molecule has 3 aliphatic heterocycles. The molecule has 27 heavy (non-hydrogen) atoms. The zero-order chi connectivity index (χ0) is 18.4. The van der Waals surface area contributed by atoms with Crippen molar-refractivity contribution in [3.8, 4) is 5.75 Å². The van der Waals surface area contributed by atoms with Gasteiger partial charge in [0, 0.05) is 49.7 Å². The van der Waals surface area contributed by atoms with Gasteiger partial charge in [0.1, 0.15) is 11.9 Å². The Hall–Kier alpha value is -2.38. The predicted molar refractivity (Wildman–Crippen MR) is 104 cm³/mol. The van der Waals surface area contributed by atoms with Gasteiger partial charge in [-0.15, -0.1) is 0 Å². The largest absolute Gasteiger partial charge is 0.482 e. The molecule has 7 nitrogen and oxygen atoms in total. The summed E-state index contributed by atoms with van der Waals surface area (Å²) >= 11 is 0. The van der Waals surface area contributed by atoms with Crippen LogP contribution < -0.4 is 20.3 Å². The maximum atomic E-state index is 6.39. The van der Waals surface area contributed by atoms with E-state index >= 15 is 0 Å². The number of anilines is 3. The Morgan fingerprint density at radius 3 is 2.78 bits per heavy atom. The van der Waals surface area contributed by atoms with E-state index in [9.17, 15) is 0 Å². The summed E-state index contributed by atoms with van der Waals surface area (Å²) in [4.78, 5) is 11.8. The van der Waals surface area contributed by atoms with E-state index in [2.05, 4.69) is 39.6 Å². The lowest BCUT2D eigenvalue weighted by Gasteiger charge is -2.31. The third-order valence-corrected chi connectivity index (χ3v) is 5.64. The average Bonchev–Trinajstić information content (AvgIpc) is 2.77. The maximum Gasteiger partial charge on any atom is 0.164 e. The Kier molecular flexibility index (Phi) is 4.13. The van der Waals surface area contributed by atoms with Crippen molar-refractivity contribution in [2.45, 2.75) is 25.9 Å². The van der Waals surface area contributed by atoms with Gasteiger partial charge >= 0.3 is 0 Å². The van der Waals surface area contributed by atoms with E-state index in [0.29, 0.717) is 5.92 Å². The zero-order valence-electron chi connectivity index (χ0n) is 15.8. The quantitative estimate of drug-likeness (QED) is 0.845. The van der Waals surface area contributed by atoms with Crippen LogP contribution in [0.1, 0.15) is 35.9 Å². The van der Waals surface area contributed by atoms with Crippen LogP contribution in [0.15, 0.2) is 18.3 Å². The summed E-state index contributed by atoms with van der Waals surface area (Å²) in [5.74, 6) is 2.17. The van der Waals surface area contributed by atoms with Gasteiger partial charge in [-0.25, -0.2) is 4.98 Å². The Balaban J connectivity index is 1.56. The van der Waals surface area contributed by atoms with Gasteiger partial charge in [-0.3, -0.25) is 4.98 Å². The van der Waals surface area contributed by atoms with Crippen molar-refractivity contribution >= 4 is 17.2 Å². The SMILES string of the molecule is Cc1nc(C2CNC2)cc2c1O[C@H](C)c1c(N3CCOCC3)ccnc1N2. The van der Waals surface area contributed by atoms with Gasteiger partial charge < -0.3 is 25.0 Å². The molecule has 0 saturated carbocycles. The molecule has 0 unspecified atom stereocenters. The predicted octanol–water partition coefficient (Wildman–Crippen LogP) is 2.51. The van der Waals surface area contributed by atoms with Gasteiger partial charge in [-0.05, 0) is 26.0 Å². The first kappa shape index (κ1) is 16.8. The Morgan fingerprint density at radius 2 is 2.04 bits per heavy atom. The molecule has 5 heterocycles. The van der Waals surface area contributed by atoms with Crippen LogP contribution in [-0.4, -0.2) is 49.4 Å². The highest BCUT2D eigenvalue weighted by Crippen LogP contribution is 2.43. The van der Waals surface area contributed by atoms with Gasteiger partial charge in [0.15, 0.2) is 5.75 Å². The lowest BCUT2D eigenvalue weighted by Crippen LogP contribution is -2.40. The molecule has 0 amide bonds. The molecule has 2 N–H and O–H groups in total. The first-order chi connectivity index (χ1) is 13.2. The van der Waals surface area contributed by atoms with E-state index < -0.39 is 0 Å². The topological polar surface area (TPSA) is 71.5 Å². The third-order valence-electron chi connectivity index (χ3n) is 5.64. The molecule has 0 radical (unpaired) electrons. The molecule has 2 saturated heterocycles. The van der Waals surface area contributed by atoms with Crippen LogP contribution in [0.25, 0.3) is 0 Å². The number of pyridine rings is 2. The maximum absolute atomic E-state index is 6.39. The number of morpholine rings is 1. The molecule has 2 fully saturated rings. The van der Waals surface area contributed by atoms with Gasteiger partial charge in [0.25, 0.3) is 0 Å².